The van der Waals surface area contributed by atoms with E-state index in [1.807, 2.05) is 6.92 Å². The van der Waals surface area contributed by atoms with Gasteiger partial charge in [0.25, 0.3) is 0 Å². The van der Waals surface area contributed by atoms with Gasteiger partial charge in [0, 0.05) is 6.61 Å². The molecule has 0 bridgehead atoms. The Hall–Kier alpha value is -0.0731. The van der Waals surface area contributed by atoms with E-state index >= 15 is 0 Å². The first-order valence-electron chi connectivity index (χ1n) is 5.23. The summed E-state index contributed by atoms with van der Waals surface area (Å²) in [4.78, 5) is 0. The van der Waals surface area contributed by atoms with Crippen LogP contribution in [0.1, 0.15) is 27.2 Å². The molecule has 0 fully saturated rings. The van der Waals surface area contributed by atoms with E-state index in [4.69, 9.17) is 4.43 Å². The average Bonchev–Trinajstić information content (AvgIpc) is 2.18. The monoisotopic (exact) mass is 244 g/mol. The van der Waals surface area contributed by atoms with Gasteiger partial charge < -0.3 is 8.85 Å². The van der Waals surface area contributed by atoms with Crippen molar-refractivity contribution in [3.8, 4) is 0 Å². The fraction of sp³-hybridized carbons (Fsp3) is 1.00. The number of rotatable bonds is 8. The maximum Gasteiger partial charge on any atom is 0.376 e. The molecule has 0 amide bonds. The fourth-order valence-electron chi connectivity index (χ4n) is 1.45. The van der Waals surface area contributed by atoms with Crippen LogP contribution < -0.4 is 0 Å². The van der Waals surface area contributed by atoms with Gasteiger partial charge in [-0.15, -0.1) is 0 Å². The Morgan fingerprint density at radius 1 is 1.20 bits per heavy atom. The molecular weight excluding hydrogens is 225 g/mol. The lowest BCUT2D eigenvalue weighted by Crippen LogP contribution is -2.47. The second kappa shape index (κ2) is 6.50. The van der Waals surface area contributed by atoms with E-state index in [0.717, 1.165) is 0 Å². The molecule has 92 valence electrons. The number of alkyl halides is 3. The van der Waals surface area contributed by atoms with E-state index < -0.39 is 21.3 Å². The highest BCUT2D eigenvalue weighted by Crippen LogP contribution is 2.29. The smallest absolute Gasteiger partial charge is 0.376 e. The summed E-state index contributed by atoms with van der Waals surface area (Å²) in [6.45, 7) is 3.87. The Morgan fingerprint density at radius 3 is 2.13 bits per heavy atom. The van der Waals surface area contributed by atoms with Crippen molar-refractivity contribution in [1.82, 2.24) is 0 Å². The van der Waals surface area contributed by atoms with Crippen LogP contribution in [0.15, 0.2) is 0 Å². The van der Waals surface area contributed by atoms with Crippen LogP contribution in [0.25, 0.3) is 0 Å². The third-order valence-corrected chi connectivity index (χ3v) is 5.89. The van der Waals surface area contributed by atoms with Crippen molar-refractivity contribution in [3.63, 3.8) is 0 Å². The first kappa shape index (κ1) is 14.9. The summed E-state index contributed by atoms with van der Waals surface area (Å²) in [6.07, 6.45) is -3.00. The topological polar surface area (TPSA) is 18.5 Å². The zero-order chi connectivity index (χ0) is 11.9. The van der Waals surface area contributed by atoms with E-state index in [-0.39, 0.29) is 0 Å². The molecule has 1 atom stereocenters. The van der Waals surface area contributed by atoms with Gasteiger partial charge in [-0.2, -0.15) is 8.78 Å². The summed E-state index contributed by atoms with van der Waals surface area (Å²) in [6, 6.07) is 0.872. The van der Waals surface area contributed by atoms with E-state index in [0.29, 0.717) is 25.1 Å². The first-order valence-corrected chi connectivity index (χ1v) is 7.46. The SMILES string of the molecule is CCC[Si](CC)(OCC)OC(F)(F)CF. The Labute approximate surface area is 90.0 Å². The van der Waals surface area contributed by atoms with E-state index in [9.17, 15) is 13.2 Å². The highest BCUT2D eigenvalue weighted by molar-refractivity contribution is 6.67. The van der Waals surface area contributed by atoms with Gasteiger partial charge in [0.15, 0.2) is 6.67 Å². The van der Waals surface area contributed by atoms with Crippen LogP contribution in [0.5, 0.6) is 0 Å². The second-order valence-corrected chi connectivity index (χ2v) is 6.84. The van der Waals surface area contributed by atoms with Gasteiger partial charge >= 0.3 is 14.7 Å². The minimum Gasteiger partial charge on any atom is -0.394 e. The molecule has 0 spiro atoms. The molecule has 6 heteroatoms. The molecule has 0 heterocycles. The third-order valence-electron chi connectivity index (χ3n) is 2.07. The fourth-order valence-corrected chi connectivity index (χ4v) is 4.34. The Morgan fingerprint density at radius 2 is 1.80 bits per heavy atom. The van der Waals surface area contributed by atoms with Crippen LogP contribution >= 0.6 is 0 Å². The second-order valence-electron chi connectivity index (χ2n) is 3.32. The van der Waals surface area contributed by atoms with Crippen LogP contribution in [0.3, 0.4) is 0 Å². The number of hydrogen-bond donors (Lipinski definition) is 0. The molecule has 0 N–H and O–H groups in total. The van der Waals surface area contributed by atoms with Gasteiger partial charge in [0.1, 0.15) is 0 Å². The molecule has 2 nitrogen and oxygen atoms in total. The summed E-state index contributed by atoms with van der Waals surface area (Å²) >= 11 is 0. The van der Waals surface area contributed by atoms with Crippen LogP contribution in [-0.4, -0.2) is 28.0 Å². The quantitative estimate of drug-likeness (QED) is 0.609. The Bertz CT molecular complexity index is 173. The molecule has 0 radical (unpaired) electrons. The molecule has 0 aromatic carbocycles. The minimum absolute atomic E-state index is 0.322. The molecule has 0 aliphatic rings. The summed E-state index contributed by atoms with van der Waals surface area (Å²) in [5.41, 5.74) is 0. The molecule has 1 unspecified atom stereocenters. The van der Waals surface area contributed by atoms with Crippen molar-refractivity contribution in [2.75, 3.05) is 13.3 Å². The Balaban J connectivity index is 4.59. The van der Waals surface area contributed by atoms with Crippen LogP contribution in [0.2, 0.25) is 12.1 Å². The molecule has 0 aromatic heterocycles. The number of halogens is 3. The van der Waals surface area contributed by atoms with Crippen molar-refractivity contribution in [3.05, 3.63) is 0 Å². The lowest BCUT2D eigenvalue weighted by molar-refractivity contribution is -0.204. The summed E-state index contributed by atoms with van der Waals surface area (Å²) in [5, 5.41) is 0. The molecular formula is C9H19F3O2Si. The van der Waals surface area contributed by atoms with E-state index in [2.05, 4.69) is 4.43 Å². The van der Waals surface area contributed by atoms with E-state index in [1.54, 1.807) is 13.8 Å². The molecule has 15 heavy (non-hydrogen) atoms. The normalized spacial score (nSPS) is 16.4. The van der Waals surface area contributed by atoms with Gasteiger partial charge in [-0.05, 0) is 19.0 Å². The van der Waals surface area contributed by atoms with Crippen molar-refractivity contribution >= 4 is 8.56 Å². The summed E-state index contributed by atoms with van der Waals surface area (Å²) in [7, 11) is -2.92. The predicted molar refractivity (Wildman–Crippen MR) is 55.0 cm³/mol. The molecule has 0 rings (SSSR count). The highest BCUT2D eigenvalue weighted by Gasteiger charge is 2.45. The lowest BCUT2D eigenvalue weighted by atomic mass is 10.6. The zero-order valence-electron chi connectivity index (χ0n) is 9.49. The van der Waals surface area contributed by atoms with Crippen LogP contribution in [0.4, 0.5) is 13.2 Å². The van der Waals surface area contributed by atoms with Gasteiger partial charge in [-0.3, -0.25) is 0 Å². The van der Waals surface area contributed by atoms with Gasteiger partial charge in [0.05, 0.1) is 0 Å². The number of hydrogen-bond acceptors (Lipinski definition) is 2. The summed E-state index contributed by atoms with van der Waals surface area (Å²) in [5.74, 6) is 0. The minimum atomic E-state index is -3.70. The predicted octanol–water partition coefficient (Wildman–Crippen LogP) is 3.47. The molecule has 0 saturated heterocycles. The van der Waals surface area contributed by atoms with Crippen molar-refractivity contribution in [1.29, 1.82) is 0 Å². The largest absolute Gasteiger partial charge is 0.394 e. The van der Waals surface area contributed by atoms with Crippen molar-refractivity contribution < 1.29 is 22.0 Å². The molecule has 0 aliphatic carbocycles. The molecule has 0 saturated carbocycles. The van der Waals surface area contributed by atoms with Gasteiger partial charge in [0.2, 0.25) is 0 Å². The highest BCUT2D eigenvalue weighted by atomic mass is 28.4. The molecule has 0 aromatic rings. The van der Waals surface area contributed by atoms with Crippen LogP contribution in [0, 0.1) is 0 Å². The summed E-state index contributed by atoms with van der Waals surface area (Å²) < 4.78 is 47.6. The average molecular weight is 244 g/mol. The van der Waals surface area contributed by atoms with E-state index in [1.165, 1.54) is 0 Å². The van der Waals surface area contributed by atoms with Crippen LogP contribution in [-0.2, 0) is 8.85 Å². The maximum absolute atomic E-state index is 12.8. The van der Waals surface area contributed by atoms with Crippen molar-refractivity contribution in [2.45, 2.75) is 45.4 Å². The standard InChI is InChI=1S/C9H19F3O2Si/c1-4-7-15(6-3,13-5-2)14-9(11,12)8-10/h4-8H2,1-3H3. The zero-order valence-corrected chi connectivity index (χ0v) is 10.5. The lowest BCUT2D eigenvalue weighted by Gasteiger charge is -2.32. The van der Waals surface area contributed by atoms with Crippen molar-refractivity contribution in [2.24, 2.45) is 0 Å². The van der Waals surface area contributed by atoms with Gasteiger partial charge in [-0.1, -0.05) is 20.3 Å². The first-order chi connectivity index (χ1) is 6.95. The maximum atomic E-state index is 12.8. The third kappa shape index (κ3) is 4.99. The molecule has 0 aliphatic heterocycles. The Kier molecular flexibility index (Phi) is 6.46. The van der Waals surface area contributed by atoms with Gasteiger partial charge in [-0.25, -0.2) is 4.39 Å².